The van der Waals surface area contributed by atoms with Gasteiger partial charge in [-0.2, -0.15) is 18.3 Å². The fourth-order valence-electron chi connectivity index (χ4n) is 0.830. The highest BCUT2D eigenvalue weighted by molar-refractivity contribution is 6.67. The second-order valence-corrected chi connectivity index (χ2v) is 2.30. The van der Waals surface area contributed by atoms with Gasteiger partial charge in [0.2, 0.25) is 5.71 Å². The van der Waals surface area contributed by atoms with Crippen molar-refractivity contribution >= 4 is 17.4 Å². The van der Waals surface area contributed by atoms with Crippen LogP contribution in [0, 0.1) is 0 Å². The number of halogens is 3. The zero-order valence-electron chi connectivity index (χ0n) is 6.55. The van der Waals surface area contributed by atoms with Gasteiger partial charge in [-0.05, 0) is 6.92 Å². The Morgan fingerprint density at radius 3 is 2.15 bits per heavy atom. The van der Waals surface area contributed by atoms with E-state index in [1.165, 1.54) is 6.92 Å². The Bertz CT molecular complexity index is 295. The molecule has 0 unspecified atom stereocenters. The number of hydrogen-bond donors (Lipinski definition) is 0. The van der Waals surface area contributed by atoms with Gasteiger partial charge in [-0.15, -0.1) is 0 Å². The van der Waals surface area contributed by atoms with Crippen LogP contribution >= 0.6 is 0 Å². The summed E-state index contributed by atoms with van der Waals surface area (Å²) in [5.74, 6) is -2.82. The Hall–Kier alpha value is -1.40. The monoisotopic (exact) mass is 194 g/mol. The maximum atomic E-state index is 12.0. The molecule has 1 heterocycles. The standard InChI is InChI=1S/C6H5F3N2O2/c1-2-11-5(13)3(12)4(10-11)6(7,8)9/h2H2,1H3. The van der Waals surface area contributed by atoms with E-state index in [0.717, 1.165) is 0 Å². The zero-order valence-corrected chi connectivity index (χ0v) is 6.55. The largest absolute Gasteiger partial charge is 0.439 e. The van der Waals surface area contributed by atoms with Crippen molar-refractivity contribution in [1.82, 2.24) is 5.01 Å². The van der Waals surface area contributed by atoms with Crippen LogP contribution in [0.3, 0.4) is 0 Å². The lowest BCUT2D eigenvalue weighted by Gasteiger charge is -2.04. The fraction of sp³-hybridized carbons (Fsp3) is 0.500. The molecule has 0 fully saturated rings. The molecule has 1 aliphatic rings. The third-order valence-corrected chi connectivity index (χ3v) is 1.43. The molecular formula is C6H5F3N2O2. The zero-order chi connectivity index (χ0) is 10.2. The van der Waals surface area contributed by atoms with Gasteiger partial charge in [0.25, 0.3) is 5.78 Å². The molecule has 72 valence electrons. The molecule has 7 heteroatoms. The number of hydrogen-bond acceptors (Lipinski definition) is 3. The summed E-state index contributed by atoms with van der Waals surface area (Å²) in [6, 6.07) is 0. The van der Waals surface area contributed by atoms with E-state index in [2.05, 4.69) is 5.10 Å². The Morgan fingerprint density at radius 2 is 1.92 bits per heavy atom. The molecule has 1 aliphatic heterocycles. The summed E-state index contributed by atoms with van der Waals surface area (Å²) >= 11 is 0. The van der Waals surface area contributed by atoms with E-state index >= 15 is 0 Å². The quantitative estimate of drug-likeness (QED) is 0.565. The smallest absolute Gasteiger partial charge is 0.281 e. The van der Waals surface area contributed by atoms with Crippen molar-refractivity contribution in [2.24, 2.45) is 5.10 Å². The van der Waals surface area contributed by atoms with Crippen LogP contribution < -0.4 is 0 Å². The second-order valence-electron chi connectivity index (χ2n) is 2.30. The highest BCUT2D eigenvalue weighted by Crippen LogP contribution is 2.22. The molecule has 0 aromatic rings. The van der Waals surface area contributed by atoms with Crippen LogP contribution in [0.25, 0.3) is 0 Å². The molecule has 1 amide bonds. The summed E-state index contributed by atoms with van der Waals surface area (Å²) in [5, 5.41) is 3.36. The number of ketones is 1. The minimum atomic E-state index is -4.85. The maximum absolute atomic E-state index is 12.0. The van der Waals surface area contributed by atoms with Crippen LogP contribution in [0.4, 0.5) is 13.2 Å². The number of amides is 1. The molecule has 0 aromatic carbocycles. The Morgan fingerprint density at radius 1 is 1.38 bits per heavy atom. The van der Waals surface area contributed by atoms with E-state index in [1.807, 2.05) is 0 Å². The van der Waals surface area contributed by atoms with Gasteiger partial charge in [-0.25, -0.2) is 5.01 Å². The van der Waals surface area contributed by atoms with E-state index in [0.29, 0.717) is 5.01 Å². The molecule has 0 N–H and O–H groups in total. The van der Waals surface area contributed by atoms with Gasteiger partial charge in [0.15, 0.2) is 0 Å². The Kier molecular flexibility index (Phi) is 2.10. The van der Waals surface area contributed by atoms with Crippen molar-refractivity contribution in [3.05, 3.63) is 0 Å². The molecule has 13 heavy (non-hydrogen) atoms. The van der Waals surface area contributed by atoms with Gasteiger partial charge < -0.3 is 0 Å². The highest BCUT2D eigenvalue weighted by Gasteiger charge is 2.49. The Labute approximate surface area is 71.0 Å². The molecule has 1 rings (SSSR count). The van der Waals surface area contributed by atoms with Crippen molar-refractivity contribution in [3.8, 4) is 0 Å². The minimum absolute atomic E-state index is 0.0514. The molecule has 0 radical (unpaired) electrons. The number of carbonyl (C=O) groups excluding carboxylic acids is 2. The average Bonchev–Trinajstić information content (AvgIpc) is 2.28. The summed E-state index contributed by atoms with van der Waals surface area (Å²) in [6.07, 6.45) is -4.85. The lowest BCUT2D eigenvalue weighted by atomic mass is 10.2. The lowest BCUT2D eigenvalue weighted by Crippen LogP contribution is -2.33. The lowest BCUT2D eigenvalue weighted by molar-refractivity contribution is -0.140. The molecule has 0 aromatic heterocycles. The van der Waals surface area contributed by atoms with Gasteiger partial charge in [-0.1, -0.05) is 0 Å². The van der Waals surface area contributed by atoms with Crippen molar-refractivity contribution < 1.29 is 22.8 Å². The van der Waals surface area contributed by atoms with Crippen molar-refractivity contribution in [2.45, 2.75) is 13.1 Å². The van der Waals surface area contributed by atoms with Crippen molar-refractivity contribution in [1.29, 1.82) is 0 Å². The number of hydrazone groups is 1. The number of nitrogens with zero attached hydrogens (tertiary/aromatic N) is 2. The predicted octanol–water partition coefficient (Wildman–Crippen LogP) is 0.336. The first-order valence-corrected chi connectivity index (χ1v) is 3.40. The van der Waals surface area contributed by atoms with E-state index in [9.17, 15) is 22.8 Å². The molecule has 0 bridgehead atoms. The first-order chi connectivity index (χ1) is 5.88. The topological polar surface area (TPSA) is 49.7 Å². The van der Waals surface area contributed by atoms with Gasteiger partial charge in [0.05, 0.1) is 0 Å². The van der Waals surface area contributed by atoms with E-state index < -0.39 is 23.6 Å². The van der Waals surface area contributed by atoms with Crippen molar-refractivity contribution in [3.63, 3.8) is 0 Å². The summed E-state index contributed by atoms with van der Waals surface area (Å²) in [6.45, 7) is 1.37. The Balaban J connectivity index is 3.01. The third kappa shape index (κ3) is 1.53. The number of rotatable bonds is 1. The van der Waals surface area contributed by atoms with E-state index in [1.54, 1.807) is 0 Å². The van der Waals surface area contributed by atoms with Crippen LogP contribution in [-0.2, 0) is 9.59 Å². The first-order valence-electron chi connectivity index (χ1n) is 3.40. The number of carbonyl (C=O) groups is 2. The van der Waals surface area contributed by atoms with Gasteiger partial charge in [0.1, 0.15) is 0 Å². The molecule has 0 spiro atoms. The summed E-state index contributed by atoms with van der Waals surface area (Å²) in [7, 11) is 0. The third-order valence-electron chi connectivity index (χ3n) is 1.43. The normalized spacial score (nSPS) is 18.2. The number of Topliss-reactive ketones (excluding diaryl/α,β-unsaturated/α-hetero) is 1. The summed E-state index contributed by atoms with van der Waals surface area (Å²) < 4.78 is 35.9. The van der Waals surface area contributed by atoms with Crippen LogP contribution in [-0.4, -0.2) is 35.1 Å². The van der Waals surface area contributed by atoms with Crippen LogP contribution in [0.15, 0.2) is 5.10 Å². The van der Waals surface area contributed by atoms with Gasteiger partial charge in [0, 0.05) is 6.54 Å². The second kappa shape index (κ2) is 2.82. The fourth-order valence-corrected chi connectivity index (χ4v) is 0.830. The molecular weight excluding hydrogens is 189 g/mol. The number of likely N-dealkylation sites (N-methyl/N-ethyl adjacent to an activating group) is 1. The maximum Gasteiger partial charge on any atom is 0.439 e. The molecule has 0 atom stereocenters. The number of alkyl halides is 3. The highest BCUT2D eigenvalue weighted by atomic mass is 19.4. The van der Waals surface area contributed by atoms with E-state index in [4.69, 9.17) is 0 Å². The van der Waals surface area contributed by atoms with E-state index in [-0.39, 0.29) is 6.54 Å². The summed E-state index contributed by atoms with van der Waals surface area (Å²) in [5.41, 5.74) is -1.64. The SMILES string of the molecule is CCN1N=C(C(F)(F)F)C(=O)C1=O. The molecule has 4 nitrogen and oxygen atoms in total. The van der Waals surface area contributed by atoms with Crippen LogP contribution in [0.2, 0.25) is 0 Å². The summed E-state index contributed by atoms with van der Waals surface area (Å²) in [4.78, 5) is 21.4. The average molecular weight is 194 g/mol. The minimum Gasteiger partial charge on any atom is -0.281 e. The van der Waals surface area contributed by atoms with Crippen molar-refractivity contribution in [2.75, 3.05) is 6.54 Å². The first kappa shape index (κ1) is 9.69. The molecule has 0 saturated carbocycles. The van der Waals surface area contributed by atoms with Crippen LogP contribution in [0.1, 0.15) is 6.92 Å². The van der Waals surface area contributed by atoms with Gasteiger partial charge in [-0.3, -0.25) is 9.59 Å². The van der Waals surface area contributed by atoms with Crippen LogP contribution in [0.5, 0.6) is 0 Å². The predicted molar refractivity (Wildman–Crippen MR) is 35.9 cm³/mol. The molecule has 0 aliphatic carbocycles. The van der Waals surface area contributed by atoms with Gasteiger partial charge >= 0.3 is 12.1 Å². The molecule has 0 saturated heterocycles.